The van der Waals surface area contributed by atoms with E-state index in [2.05, 4.69) is 26.0 Å². The maximum atomic E-state index is 6.39. The summed E-state index contributed by atoms with van der Waals surface area (Å²) in [5.41, 5.74) is 11.0. The molecule has 0 aliphatic carbocycles. The highest BCUT2D eigenvalue weighted by Crippen LogP contribution is 2.35. The van der Waals surface area contributed by atoms with E-state index in [1.54, 1.807) is 0 Å². The van der Waals surface area contributed by atoms with Crippen LogP contribution in [-0.2, 0) is 6.42 Å². The van der Waals surface area contributed by atoms with Crippen molar-refractivity contribution in [3.05, 3.63) is 63.7 Å². The monoisotopic (exact) mass is 287 g/mol. The fraction of sp³-hybridized carbons (Fsp3) is 0.294. The van der Waals surface area contributed by atoms with E-state index in [0.29, 0.717) is 0 Å². The van der Waals surface area contributed by atoms with E-state index in [9.17, 15) is 0 Å². The second-order valence-corrected chi connectivity index (χ2v) is 5.86. The van der Waals surface area contributed by atoms with Crippen molar-refractivity contribution >= 4 is 11.6 Å². The van der Waals surface area contributed by atoms with E-state index < -0.39 is 0 Å². The van der Waals surface area contributed by atoms with Gasteiger partial charge in [0.05, 0.1) is 6.04 Å². The number of nitrogens with two attached hydrogens (primary N) is 1. The molecule has 2 N–H and O–H groups in total. The Hall–Kier alpha value is -1.51. The van der Waals surface area contributed by atoms with E-state index >= 15 is 0 Å². The molecule has 2 nitrogen and oxygen atoms in total. The normalized spacial score (nSPS) is 18.5. The molecule has 0 bridgehead atoms. The number of aryl methyl sites for hydroxylation is 2. The van der Waals surface area contributed by atoms with E-state index in [1.165, 1.54) is 16.7 Å². The number of para-hydroxylation sites is 1. The van der Waals surface area contributed by atoms with Crippen molar-refractivity contribution in [2.75, 3.05) is 0 Å². The molecular formula is C17H18ClNO. The summed E-state index contributed by atoms with van der Waals surface area (Å²) in [7, 11) is 0. The first-order valence-electron chi connectivity index (χ1n) is 6.83. The van der Waals surface area contributed by atoms with Crippen LogP contribution in [0.5, 0.6) is 5.75 Å². The van der Waals surface area contributed by atoms with E-state index in [1.807, 2.05) is 24.3 Å². The minimum atomic E-state index is -0.214. The molecule has 0 radical (unpaired) electrons. The van der Waals surface area contributed by atoms with Crippen LogP contribution >= 0.6 is 11.6 Å². The number of hydrogen-bond donors (Lipinski definition) is 1. The minimum Gasteiger partial charge on any atom is -0.488 e. The van der Waals surface area contributed by atoms with Crippen molar-refractivity contribution in [1.82, 2.24) is 0 Å². The van der Waals surface area contributed by atoms with Gasteiger partial charge >= 0.3 is 0 Å². The van der Waals surface area contributed by atoms with Crippen molar-refractivity contribution in [2.45, 2.75) is 32.4 Å². The van der Waals surface area contributed by atoms with Gasteiger partial charge in [0.2, 0.25) is 0 Å². The topological polar surface area (TPSA) is 35.2 Å². The molecule has 0 fully saturated rings. The summed E-state index contributed by atoms with van der Waals surface area (Å²) < 4.78 is 5.96. The number of fused-ring (bicyclic) bond motifs is 1. The SMILES string of the molecule is Cc1cc(Cl)c(C(N)C2Cc3ccccc3O2)cc1C. The maximum Gasteiger partial charge on any atom is 0.123 e. The minimum absolute atomic E-state index is 0.0491. The van der Waals surface area contributed by atoms with Crippen LogP contribution in [0.25, 0.3) is 0 Å². The van der Waals surface area contributed by atoms with Gasteiger partial charge in [-0.3, -0.25) is 0 Å². The molecular weight excluding hydrogens is 270 g/mol. The van der Waals surface area contributed by atoms with Crippen molar-refractivity contribution in [2.24, 2.45) is 5.73 Å². The highest BCUT2D eigenvalue weighted by atomic mass is 35.5. The zero-order valence-corrected chi connectivity index (χ0v) is 12.4. The van der Waals surface area contributed by atoms with E-state index in [-0.39, 0.29) is 12.1 Å². The van der Waals surface area contributed by atoms with Crippen LogP contribution in [0.15, 0.2) is 36.4 Å². The smallest absolute Gasteiger partial charge is 0.123 e. The van der Waals surface area contributed by atoms with Crippen LogP contribution < -0.4 is 10.5 Å². The molecule has 3 rings (SSSR count). The fourth-order valence-corrected chi connectivity index (χ4v) is 3.01. The van der Waals surface area contributed by atoms with Crippen LogP contribution in [0.1, 0.15) is 28.3 Å². The van der Waals surface area contributed by atoms with Crippen LogP contribution in [0, 0.1) is 13.8 Å². The lowest BCUT2D eigenvalue weighted by atomic mass is 9.95. The molecule has 104 valence electrons. The van der Waals surface area contributed by atoms with Gasteiger partial charge in [-0.05, 0) is 48.2 Å². The van der Waals surface area contributed by atoms with Crippen LogP contribution in [-0.4, -0.2) is 6.10 Å². The Morgan fingerprint density at radius 3 is 2.65 bits per heavy atom. The Morgan fingerprint density at radius 2 is 1.90 bits per heavy atom. The lowest BCUT2D eigenvalue weighted by Gasteiger charge is -2.21. The third-order valence-electron chi connectivity index (χ3n) is 4.04. The second-order valence-electron chi connectivity index (χ2n) is 5.45. The van der Waals surface area contributed by atoms with E-state index in [4.69, 9.17) is 22.1 Å². The Kier molecular flexibility index (Phi) is 3.45. The third-order valence-corrected chi connectivity index (χ3v) is 4.37. The highest BCUT2D eigenvalue weighted by molar-refractivity contribution is 6.31. The fourth-order valence-electron chi connectivity index (χ4n) is 2.67. The summed E-state index contributed by atoms with van der Waals surface area (Å²) >= 11 is 6.35. The van der Waals surface area contributed by atoms with Crippen LogP contribution in [0.2, 0.25) is 5.02 Å². The largest absolute Gasteiger partial charge is 0.488 e. The van der Waals surface area contributed by atoms with Crippen LogP contribution in [0.3, 0.4) is 0 Å². The summed E-state index contributed by atoms with van der Waals surface area (Å²) in [5.74, 6) is 0.938. The lowest BCUT2D eigenvalue weighted by Crippen LogP contribution is -2.30. The number of benzene rings is 2. The predicted octanol–water partition coefficient (Wildman–Crippen LogP) is 3.96. The first-order valence-corrected chi connectivity index (χ1v) is 7.21. The third kappa shape index (κ3) is 2.30. The zero-order valence-electron chi connectivity index (χ0n) is 11.7. The maximum absolute atomic E-state index is 6.39. The summed E-state index contributed by atoms with van der Waals surface area (Å²) in [6.45, 7) is 4.13. The van der Waals surface area contributed by atoms with Crippen LogP contribution in [0.4, 0.5) is 0 Å². The molecule has 0 amide bonds. The first kappa shape index (κ1) is 13.5. The molecule has 0 spiro atoms. The predicted molar refractivity (Wildman–Crippen MR) is 82.4 cm³/mol. The summed E-state index contributed by atoms with van der Waals surface area (Å²) in [5, 5.41) is 0.722. The Labute approximate surface area is 124 Å². The Morgan fingerprint density at radius 1 is 1.20 bits per heavy atom. The van der Waals surface area contributed by atoms with Gasteiger partial charge in [-0.2, -0.15) is 0 Å². The summed E-state index contributed by atoms with van der Waals surface area (Å²) in [6.07, 6.45) is 0.785. The molecule has 1 aliphatic heterocycles. The van der Waals surface area contributed by atoms with Gasteiger partial charge in [0.15, 0.2) is 0 Å². The molecule has 2 aromatic rings. The van der Waals surface area contributed by atoms with Gasteiger partial charge in [0, 0.05) is 11.4 Å². The molecule has 0 saturated heterocycles. The lowest BCUT2D eigenvalue weighted by molar-refractivity contribution is 0.200. The van der Waals surface area contributed by atoms with Gasteiger partial charge in [-0.15, -0.1) is 0 Å². The molecule has 2 unspecified atom stereocenters. The first-order chi connectivity index (χ1) is 9.56. The van der Waals surface area contributed by atoms with Gasteiger partial charge in [0.1, 0.15) is 11.9 Å². The molecule has 0 saturated carbocycles. The van der Waals surface area contributed by atoms with E-state index in [0.717, 1.165) is 22.8 Å². The average Bonchev–Trinajstić information content (AvgIpc) is 2.86. The zero-order chi connectivity index (χ0) is 14.3. The average molecular weight is 288 g/mol. The standard InChI is InChI=1S/C17H18ClNO/c1-10-7-13(14(18)8-11(10)2)17(19)16-9-12-5-3-4-6-15(12)20-16/h3-8,16-17H,9,19H2,1-2H3. The number of halogens is 1. The van der Waals surface area contributed by atoms with Gasteiger partial charge in [-0.25, -0.2) is 0 Å². The molecule has 3 heteroatoms. The second kappa shape index (κ2) is 5.12. The Bertz CT molecular complexity index is 628. The van der Waals surface area contributed by atoms with Crippen molar-refractivity contribution in [1.29, 1.82) is 0 Å². The number of ether oxygens (including phenoxy) is 1. The van der Waals surface area contributed by atoms with Gasteiger partial charge in [-0.1, -0.05) is 35.9 Å². The number of hydrogen-bond acceptors (Lipinski definition) is 2. The molecule has 0 aromatic heterocycles. The quantitative estimate of drug-likeness (QED) is 0.907. The molecule has 2 aromatic carbocycles. The summed E-state index contributed by atoms with van der Waals surface area (Å²) in [4.78, 5) is 0. The summed E-state index contributed by atoms with van der Waals surface area (Å²) in [6, 6.07) is 11.9. The highest BCUT2D eigenvalue weighted by Gasteiger charge is 2.30. The molecule has 1 heterocycles. The van der Waals surface area contributed by atoms with Crippen molar-refractivity contribution in [3.63, 3.8) is 0 Å². The number of rotatable bonds is 2. The Balaban J connectivity index is 1.88. The van der Waals surface area contributed by atoms with Gasteiger partial charge < -0.3 is 10.5 Å². The van der Waals surface area contributed by atoms with Gasteiger partial charge in [0.25, 0.3) is 0 Å². The molecule has 1 aliphatic rings. The molecule has 2 atom stereocenters. The van der Waals surface area contributed by atoms with Crippen molar-refractivity contribution < 1.29 is 4.74 Å². The van der Waals surface area contributed by atoms with Crippen molar-refractivity contribution in [3.8, 4) is 5.75 Å². The molecule has 20 heavy (non-hydrogen) atoms.